The lowest BCUT2D eigenvalue weighted by atomic mass is 9.87. The van der Waals surface area contributed by atoms with Gasteiger partial charge in [0.1, 0.15) is 5.75 Å². The second kappa shape index (κ2) is 14.8. The Bertz CT molecular complexity index is 973. The van der Waals surface area contributed by atoms with Crippen molar-refractivity contribution in [2.24, 2.45) is 0 Å². The average Bonchev–Trinajstić information content (AvgIpc) is 2.86. The van der Waals surface area contributed by atoms with Crippen LogP contribution in [0.2, 0.25) is 0 Å². The molecule has 4 heteroatoms. The summed E-state index contributed by atoms with van der Waals surface area (Å²) in [6, 6.07) is 13.8. The van der Waals surface area contributed by atoms with Crippen LogP contribution >= 0.6 is 0 Å². The highest BCUT2D eigenvalue weighted by Gasteiger charge is 2.29. The van der Waals surface area contributed by atoms with Gasteiger partial charge in [-0.2, -0.15) is 4.58 Å². The average molecular weight is 558 g/mol. The Hall–Kier alpha value is -1.81. The summed E-state index contributed by atoms with van der Waals surface area (Å²) in [6.45, 7) is 10.2. The van der Waals surface area contributed by atoms with E-state index in [-0.39, 0.29) is 22.4 Å². The van der Waals surface area contributed by atoms with E-state index < -0.39 is 0 Å². The second-order valence-electron chi connectivity index (χ2n) is 11.2. The molecule has 2 aromatic carbocycles. The number of nitrogens with one attached hydrogen (secondary N) is 1. The van der Waals surface area contributed by atoms with Crippen LogP contribution in [-0.2, 0) is 11.8 Å². The first kappa shape index (κ1) is 30.4. The van der Waals surface area contributed by atoms with Crippen molar-refractivity contribution in [3.05, 3.63) is 53.1 Å². The maximum absolute atomic E-state index is 5.75. The number of ether oxygens (including phenoxy) is 1. The summed E-state index contributed by atoms with van der Waals surface area (Å²) in [6.07, 6.45) is 14.4. The molecule has 0 atom stereocenters. The quantitative estimate of drug-likeness (QED) is 0.254. The molecule has 0 fully saturated rings. The number of benzene rings is 2. The Balaban J connectivity index is 0.00000456. The minimum atomic E-state index is 0. The molecular weight excluding hydrogens is 508 g/mol. The standard InChI is InChI=1S/C32H48N2O.BrH/c1-7-8-9-10-11-12-13-14-15-16-30-28-24-31(35-6)29(33-5)23-25(28)21-22-34(30)27-19-17-26(18-20-27)32(2,3)4;/h17-20,23-24H,7-16,21-22H2,1-6H3;1H. The smallest absolute Gasteiger partial charge is 0.205 e. The molecule has 0 saturated heterocycles. The Kier molecular flexibility index (Phi) is 12.5. The molecular formula is C32H49BrN2O. The van der Waals surface area contributed by atoms with E-state index in [0.29, 0.717) is 0 Å². The molecule has 1 heterocycles. The molecule has 36 heavy (non-hydrogen) atoms. The van der Waals surface area contributed by atoms with Crippen molar-refractivity contribution >= 4 is 17.1 Å². The highest BCUT2D eigenvalue weighted by molar-refractivity contribution is 6.00. The summed E-state index contributed by atoms with van der Waals surface area (Å²) in [7, 11) is 3.75. The Morgan fingerprint density at radius 1 is 0.889 bits per heavy atom. The maximum atomic E-state index is 5.75. The summed E-state index contributed by atoms with van der Waals surface area (Å²) in [5, 5.41) is 3.31. The first-order valence-electron chi connectivity index (χ1n) is 14.0. The van der Waals surface area contributed by atoms with Crippen molar-refractivity contribution in [3.8, 4) is 5.75 Å². The summed E-state index contributed by atoms with van der Waals surface area (Å²) < 4.78 is 8.32. The molecule has 1 N–H and O–H groups in total. The number of fused-ring (bicyclic) bond motifs is 1. The molecule has 2 aromatic rings. The van der Waals surface area contributed by atoms with Crippen molar-refractivity contribution in [2.75, 3.05) is 26.0 Å². The van der Waals surface area contributed by atoms with Gasteiger partial charge in [-0.3, -0.25) is 0 Å². The van der Waals surface area contributed by atoms with Crippen LogP contribution in [0.3, 0.4) is 0 Å². The third-order valence-electron chi connectivity index (χ3n) is 7.50. The Labute approximate surface area is 231 Å². The molecule has 200 valence electrons. The molecule has 0 unspecified atom stereocenters. The molecule has 1 aliphatic rings. The molecule has 3 nitrogen and oxygen atoms in total. The number of rotatable bonds is 13. The van der Waals surface area contributed by atoms with Gasteiger partial charge in [0.15, 0.2) is 12.3 Å². The molecule has 0 radical (unpaired) electrons. The third kappa shape index (κ3) is 8.10. The highest BCUT2D eigenvalue weighted by Crippen LogP contribution is 2.33. The first-order chi connectivity index (χ1) is 16.9. The van der Waals surface area contributed by atoms with Gasteiger partial charge in [-0.25, -0.2) is 0 Å². The molecule has 0 aliphatic carbocycles. The number of anilines is 1. The van der Waals surface area contributed by atoms with Crippen LogP contribution in [0.1, 0.15) is 109 Å². The van der Waals surface area contributed by atoms with Gasteiger partial charge >= 0.3 is 0 Å². The van der Waals surface area contributed by atoms with Crippen LogP contribution in [0.25, 0.3) is 0 Å². The Morgan fingerprint density at radius 2 is 1.50 bits per heavy atom. The van der Waals surface area contributed by atoms with Crippen molar-refractivity contribution < 1.29 is 26.3 Å². The lowest BCUT2D eigenvalue weighted by Gasteiger charge is -2.22. The largest absolute Gasteiger partial charge is 1.00 e. The van der Waals surface area contributed by atoms with E-state index >= 15 is 0 Å². The number of unbranched alkanes of at least 4 members (excludes halogenated alkanes) is 8. The number of halogens is 1. The number of hydrogen-bond donors (Lipinski definition) is 1. The van der Waals surface area contributed by atoms with Crippen LogP contribution in [0, 0.1) is 0 Å². The number of methoxy groups -OCH3 is 1. The molecule has 0 saturated carbocycles. The molecule has 1 aliphatic heterocycles. The van der Waals surface area contributed by atoms with Gasteiger partial charge in [-0.05, 0) is 35.1 Å². The minimum absolute atomic E-state index is 0. The van der Waals surface area contributed by atoms with E-state index in [0.717, 1.165) is 30.8 Å². The third-order valence-corrected chi connectivity index (χ3v) is 7.50. The zero-order chi connectivity index (χ0) is 25.3. The molecule has 0 aromatic heterocycles. The van der Waals surface area contributed by atoms with Gasteiger partial charge in [-0.1, -0.05) is 91.2 Å². The minimum Gasteiger partial charge on any atom is -1.00 e. The van der Waals surface area contributed by atoms with Crippen LogP contribution < -0.4 is 27.0 Å². The fraction of sp³-hybridized carbons (Fsp3) is 0.594. The van der Waals surface area contributed by atoms with Crippen molar-refractivity contribution in [1.29, 1.82) is 0 Å². The normalized spacial score (nSPS) is 13.3. The SMILES string of the molecule is CCCCCCCCCCCC1=[N+](c2ccc(C(C)(C)C)cc2)CCc2cc(NC)c(OC)cc21.[Br-]. The summed E-state index contributed by atoms with van der Waals surface area (Å²) in [5.74, 6) is 0.931. The van der Waals surface area contributed by atoms with E-state index in [9.17, 15) is 0 Å². The lowest BCUT2D eigenvalue weighted by Crippen LogP contribution is -3.00. The maximum Gasteiger partial charge on any atom is 0.205 e. The monoisotopic (exact) mass is 556 g/mol. The van der Waals surface area contributed by atoms with Crippen molar-refractivity contribution in [3.63, 3.8) is 0 Å². The predicted octanol–water partition coefficient (Wildman–Crippen LogP) is 5.65. The van der Waals surface area contributed by atoms with Crippen LogP contribution in [-0.4, -0.2) is 31.0 Å². The van der Waals surface area contributed by atoms with E-state index in [4.69, 9.17) is 4.74 Å². The highest BCUT2D eigenvalue weighted by atomic mass is 79.9. The number of nitrogens with zero attached hydrogens (tertiary/aromatic N) is 1. The molecule has 0 spiro atoms. The van der Waals surface area contributed by atoms with Gasteiger partial charge in [0.2, 0.25) is 5.69 Å². The fourth-order valence-electron chi connectivity index (χ4n) is 5.28. The van der Waals surface area contributed by atoms with E-state index in [1.807, 2.05) is 7.05 Å². The van der Waals surface area contributed by atoms with E-state index in [1.54, 1.807) is 7.11 Å². The Morgan fingerprint density at radius 3 is 2.06 bits per heavy atom. The second-order valence-corrected chi connectivity index (χ2v) is 11.2. The summed E-state index contributed by atoms with van der Waals surface area (Å²) in [4.78, 5) is 0. The fourth-order valence-corrected chi connectivity index (χ4v) is 5.28. The molecule has 0 amide bonds. The molecule has 0 bridgehead atoms. The predicted molar refractivity (Wildman–Crippen MR) is 152 cm³/mol. The van der Waals surface area contributed by atoms with Crippen LogP contribution in [0.15, 0.2) is 36.4 Å². The summed E-state index contributed by atoms with van der Waals surface area (Å²) >= 11 is 0. The van der Waals surface area contributed by atoms with Gasteiger partial charge in [0.05, 0.1) is 12.8 Å². The van der Waals surface area contributed by atoms with Crippen molar-refractivity contribution in [2.45, 2.75) is 104 Å². The van der Waals surface area contributed by atoms with E-state index in [2.05, 4.69) is 74.0 Å². The summed E-state index contributed by atoms with van der Waals surface area (Å²) in [5.41, 5.74) is 8.21. The van der Waals surface area contributed by atoms with E-state index in [1.165, 1.54) is 85.9 Å². The van der Waals surface area contributed by atoms with Crippen LogP contribution in [0.5, 0.6) is 5.75 Å². The van der Waals surface area contributed by atoms with Crippen LogP contribution in [0.4, 0.5) is 11.4 Å². The zero-order valence-electron chi connectivity index (χ0n) is 23.7. The van der Waals surface area contributed by atoms with Gasteiger partial charge in [0.25, 0.3) is 0 Å². The topological polar surface area (TPSA) is 24.3 Å². The van der Waals surface area contributed by atoms with Gasteiger partial charge in [-0.15, -0.1) is 0 Å². The number of hydrogen-bond acceptors (Lipinski definition) is 2. The van der Waals surface area contributed by atoms with Crippen molar-refractivity contribution in [1.82, 2.24) is 0 Å². The van der Waals surface area contributed by atoms with Gasteiger partial charge in [0, 0.05) is 37.6 Å². The van der Waals surface area contributed by atoms with Gasteiger partial charge < -0.3 is 27.0 Å². The lowest BCUT2D eigenvalue weighted by molar-refractivity contribution is -0.442. The zero-order valence-corrected chi connectivity index (χ0v) is 25.3. The first-order valence-corrected chi connectivity index (χ1v) is 14.0. The molecule has 3 rings (SSSR count).